The van der Waals surface area contributed by atoms with Crippen molar-refractivity contribution in [3.05, 3.63) is 53.5 Å². The molecule has 5 nitrogen and oxygen atoms in total. The van der Waals surface area contributed by atoms with Gasteiger partial charge < -0.3 is 15.5 Å². The molecule has 6 heteroatoms. The Kier molecular flexibility index (Phi) is 8.99. The third-order valence-corrected chi connectivity index (χ3v) is 4.18. The standard InChI is InChI=1S/C19H28N4O.HI/c1-5-14-9-7-10-15(6-2)18(14)22-19(20)21-13-16(23(3)4)17-11-8-12-24-17;/h7-12,16H,5-6,13H2,1-4H3,(H3,20,21,22);1H. The number of nitrogens with two attached hydrogens (primary N) is 1. The van der Waals surface area contributed by atoms with E-state index < -0.39 is 0 Å². The van der Waals surface area contributed by atoms with Crippen molar-refractivity contribution in [2.75, 3.05) is 26.0 Å². The topological polar surface area (TPSA) is 66.8 Å². The van der Waals surface area contributed by atoms with Crippen molar-refractivity contribution in [2.24, 2.45) is 10.7 Å². The van der Waals surface area contributed by atoms with Crippen molar-refractivity contribution in [1.29, 1.82) is 0 Å². The molecule has 0 aliphatic heterocycles. The summed E-state index contributed by atoms with van der Waals surface area (Å²) in [4.78, 5) is 6.61. The number of anilines is 1. The molecule has 0 fully saturated rings. The van der Waals surface area contributed by atoms with Gasteiger partial charge in [-0.05, 0) is 50.2 Å². The normalized spacial score (nSPS) is 12.8. The first kappa shape index (κ1) is 21.5. The van der Waals surface area contributed by atoms with Gasteiger partial charge in [0.1, 0.15) is 5.76 Å². The summed E-state index contributed by atoms with van der Waals surface area (Å²) >= 11 is 0. The Morgan fingerprint density at radius 1 is 1.16 bits per heavy atom. The van der Waals surface area contributed by atoms with Crippen LogP contribution in [0, 0.1) is 0 Å². The first-order valence-electron chi connectivity index (χ1n) is 8.44. The second-order valence-corrected chi connectivity index (χ2v) is 6.00. The zero-order chi connectivity index (χ0) is 17.5. The Morgan fingerprint density at radius 3 is 2.28 bits per heavy atom. The van der Waals surface area contributed by atoms with Crippen LogP contribution in [-0.2, 0) is 12.8 Å². The molecule has 0 aliphatic rings. The van der Waals surface area contributed by atoms with Crippen LogP contribution < -0.4 is 11.1 Å². The zero-order valence-electron chi connectivity index (χ0n) is 15.5. The molecule has 0 aliphatic carbocycles. The first-order chi connectivity index (χ1) is 11.6. The van der Waals surface area contributed by atoms with Gasteiger partial charge in [-0.25, -0.2) is 0 Å². The van der Waals surface area contributed by atoms with E-state index in [4.69, 9.17) is 10.2 Å². The molecular formula is C19H29IN4O. The number of nitrogens with zero attached hydrogens (tertiary/aromatic N) is 2. The van der Waals surface area contributed by atoms with E-state index in [0.29, 0.717) is 12.5 Å². The number of hydrogen-bond acceptors (Lipinski definition) is 3. The van der Waals surface area contributed by atoms with Crippen molar-refractivity contribution in [1.82, 2.24) is 4.90 Å². The number of halogens is 1. The number of guanidine groups is 1. The number of nitrogens with one attached hydrogen (secondary N) is 1. The quantitative estimate of drug-likeness (QED) is 0.375. The smallest absolute Gasteiger partial charge is 0.193 e. The second-order valence-electron chi connectivity index (χ2n) is 6.00. The van der Waals surface area contributed by atoms with Crippen LogP contribution in [0.3, 0.4) is 0 Å². The molecular weight excluding hydrogens is 427 g/mol. The van der Waals surface area contributed by atoms with Crippen molar-refractivity contribution in [3.63, 3.8) is 0 Å². The molecule has 1 unspecified atom stereocenters. The van der Waals surface area contributed by atoms with Gasteiger partial charge in [0.25, 0.3) is 0 Å². The van der Waals surface area contributed by atoms with Gasteiger partial charge in [-0.15, -0.1) is 24.0 Å². The number of rotatable bonds is 7. The summed E-state index contributed by atoms with van der Waals surface area (Å²) in [6, 6.07) is 10.3. The highest BCUT2D eigenvalue weighted by atomic mass is 127. The number of benzene rings is 1. The van der Waals surface area contributed by atoms with Gasteiger partial charge in [-0.2, -0.15) is 0 Å². The Bertz CT molecular complexity index is 646. The summed E-state index contributed by atoms with van der Waals surface area (Å²) in [6.07, 6.45) is 3.59. The maximum absolute atomic E-state index is 6.14. The molecule has 0 saturated carbocycles. The number of aryl methyl sites for hydroxylation is 2. The molecule has 1 aromatic carbocycles. The fourth-order valence-corrected chi connectivity index (χ4v) is 2.74. The van der Waals surface area contributed by atoms with Crippen LogP contribution in [0.2, 0.25) is 0 Å². The van der Waals surface area contributed by atoms with Crippen LogP contribution in [0.25, 0.3) is 0 Å². The van der Waals surface area contributed by atoms with Gasteiger partial charge in [0.05, 0.1) is 18.8 Å². The average molecular weight is 456 g/mol. The van der Waals surface area contributed by atoms with Gasteiger partial charge in [0.15, 0.2) is 5.96 Å². The number of aliphatic imine (C=N–C) groups is 1. The molecule has 2 aromatic rings. The molecule has 0 amide bonds. The summed E-state index contributed by atoms with van der Waals surface area (Å²) in [6.45, 7) is 4.83. The van der Waals surface area contributed by atoms with E-state index in [-0.39, 0.29) is 30.0 Å². The monoisotopic (exact) mass is 456 g/mol. The molecule has 0 saturated heterocycles. The van der Waals surface area contributed by atoms with Crippen molar-refractivity contribution < 1.29 is 4.42 Å². The molecule has 0 spiro atoms. The van der Waals surface area contributed by atoms with Crippen LogP contribution in [0.4, 0.5) is 5.69 Å². The maximum atomic E-state index is 6.14. The zero-order valence-corrected chi connectivity index (χ0v) is 17.8. The fraction of sp³-hybridized carbons (Fsp3) is 0.421. The van der Waals surface area contributed by atoms with Gasteiger partial charge in [0, 0.05) is 5.69 Å². The van der Waals surface area contributed by atoms with E-state index in [9.17, 15) is 0 Å². The second kappa shape index (κ2) is 10.5. The molecule has 0 radical (unpaired) electrons. The van der Waals surface area contributed by atoms with Gasteiger partial charge >= 0.3 is 0 Å². The summed E-state index contributed by atoms with van der Waals surface area (Å²) in [5.41, 5.74) is 9.74. The largest absolute Gasteiger partial charge is 0.468 e. The van der Waals surface area contributed by atoms with Crippen molar-refractivity contribution >= 4 is 35.6 Å². The van der Waals surface area contributed by atoms with E-state index in [1.807, 2.05) is 26.2 Å². The van der Waals surface area contributed by atoms with Crippen molar-refractivity contribution in [3.8, 4) is 0 Å². The van der Waals surface area contributed by atoms with Crippen molar-refractivity contribution in [2.45, 2.75) is 32.7 Å². The SMILES string of the molecule is CCc1cccc(CC)c1NC(N)=NCC(c1ccco1)N(C)C.I. The molecule has 138 valence electrons. The van der Waals surface area contributed by atoms with E-state index in [1.165, 1.54) is 11.1 Å². The minimum absolute atomic E-state index is 0. The number of likely N-dealkylation sites (N-methyl/N-ethyl adjacent to an activating group) is 1. The van der Waals surface area contributed by atoms with Crippen LogP contribution in [-0.4, -0.2) is 31.5 Å². The molecule has 25 heavy (non-hydrogen) atoms. The number of para-hydroxylation sites is 1. The van der Waals surface area contributed by atoms with E-state index in [2.05, 4.69) is 47.3 Å². The lowest BCUT2D eigenvalue weighted by Gasteiger charge is -2.21. The third-order valence-electron chi connectivity index (χ3n) is 4.18. The van der Waals surface area contributed by atoms with Crippen LogP contribution >= 0.6 is 24.0 Å². The Balaban J connectivity index is 0.00000312. The Labute approximate surface area is 167 Å². The molecule has 2 rings (SSSR count). The lowest BCUT2D eigenvalue weighted by molar-refractivity contribution is 0.265. The molecule has 1 heterocycles. The highest BCUT2D eigenvalue weighted by molar-refractivity contribution is 14.0. The number of furan rings is 1. The average Bonchev–Trinajstić information content (AvgIpc) is 3.09. The summed E-state index contributed by atoms with van der Waals surface area (Å²) < 4.78 is 5.51. The highest BCUT2D eigenvalue weighted by Crippen LogP contribution is 2.23. The Morgan fingerprint density at radius 2 is 1.80 bits per heavy atom. The summed E-state index contributed by atoms with van der Waals surface area (Å²) in [5.74, 6) is 1.32. The number of hydrogen-bond donors (Lipinski definition) is 2. The molecule has 3 N–H and O–H groups in total. The van der Waals surface area contributed by atoms with Crippen LogP contribution in [0.15, 0.2) is 46.0 Å². The fourth-order valence-electron chi connectivity index (χ4n) is 2.74. The lowest BCUT2D eigenvalue weighted by atomic mass is 10.0. The summed E-state index contributed by atoms with van der Waals surface area (Å²) in [5, 5.41) is 3.30. The minimum Gasteiger partial charge on any atom is -0.468 e. The summed E-state index contributed by atoms with van der Waals surface area (Å²) in [7, 11) is 4.02. The molecule has 0 bridgehead atoms. The predicted octanol–water partition coefficient (Wildman–Crippen LogP) is 4.05. The van der Waals surface area contributed by atoms with Crippen LogP contribution in [0.5, 0.6) is 0 Å². The van der Waals surface area contributed by atoms with Crippen LogP contribution in [0.1, 0.15) is 36.8 Å². The van der Waals surface area contributed by atoms with E-state index in [0.717, 1.165) is 24.3 Å². The third kappa shape index (κ3) is 5.74. The predicted molar refractivity (Wildman–Crippen MR) is 116 cm³/mol. The minimum atomic E-state index is 0. The van der Waals surface area contributed by atoms with Gasteiger partial charge in [-0.1, -0.05) is 32.0 Å². The van der Waals surface area contributed by atoms with Gasteiger partial charge in [-0.3, -0.25) is 9.89 Å². The first-order valence-corrected chi connectivity index (χ1v) is 8.44. The Hall–Kier alpha value is -1.54. The lowest BCUT2D eigenvalue weighted by Crippen LogP contribution is -2.27. The van der Waals surface area contributed by atoms with E-state index >= 15 is 0 Å². The maximum Gasteiger partial charge on any atom is 0.193 e. The molecule has 1 aromatic heterocycles. The highest BCUT2D eigenvalue weighted by Gasteiger charge is 2.16. The van der Waals surface area contributed by atoms with Gasteiger partial charge in [0.2, 0.25) is 0 Å². The van der Waals surface area contributed by atoms with E-state index in [1.54, 1.807) is 6.26 Å². The molecule has 1 atom stereocenters.